The van der Waals surface area contributed by atoms with E-state index in [9.17, 15) is 10.1 Å². The zero-order chi connectivity index (χ0) is 14.8. The van der Waals surface area contributed by atoms with E-state index in [-0.39, 0.29) is 0 Å². The van der Waals surface area contributed by atoms with Crippen molar-refractivity contribution in [2.24, 2.45) is 0 Å². The van der Waals surface area contributed by atoms with Gasteiger partial charge < -0.3 is 9.47 Å². The molecule has 0 spiro atoms. The number of hydrogen-bond donors (Lipinski definition) is 0. The van der Waals surface area contributed by atoms with Crippen molar-refractivity contribution in [2.75, 3.05) is 13.7 Å². The number of unbranched alkanes of at least 4 members (excludes halogenated alkanes) is 3. The Hall–Kier alpha value is -2.04. The topological polar surface area (TPSA) is 61.6 Å². The van der Waals surface area contributed by atoms with E-state index in [1.165, 1.54) is 18.9 Å². The third-order valence-corrected chi connectivity index (χ3v) is 2.78. The van der Waals surface area contributed by atoms with E-state index in [4.69, 9.17) is 9.47 Å². The molecule has 0 aromatic heterocycles. The summed E-state index contributed by atoms with van der Waals surface area (Å²) in [4.78, 5) is 9.61. The molecule has 1 aromatic rings. The van der Waals surface area contributed by atoms with E-state index >= 15 is 0 Å². The van der Waals surface area contributed by atoms with Crippen LogP contribution in [0.15, 0.2) is 18.2 Å². The van der Waals surface area contributed by atoms with Gasteiger partial charge in [-0.1, -0.05) is 32.3 Å². The van der Waals surface area contributed by atoms with Gasteiger partial charge in [-0.15, -0.1) is 6.07 Å². The number of ether oxygens (including phenoxy) is 2. The standard InChI is InChI=1S/C15H20NO4/c1-3-4-5-6-11-20-14-8-7-13(9-10-16(17)18)12-15(14)19-2/h7-9,12H,3-6,11H2,1-2H3/q-1. The Morgan fingerprint density at radius 3 is 2.75 bits per heavy atom. The van der Waals surface area contributed by atoms with Crippen molar-refractivity contribution < 1.29 is 14.4 Å². The molecule has 0 aliphatic heterocycles. The van der Waals surface area contributed by atoms with Crippen LogP contribution in [-0.4, -0.2) is 18.6 Å². The minimum atomic E-state index is -0.620. The average molecular weight is 278 g/mol. The average Bonchev–Trinajstić information content (AvgIpc) is 2.45. The minimum Gasteiger partial charge on any atom is -0.494 e. The van der Waals surface area contributed by atoms with Crippen LogP contribution in [0.1, 0.15) is 38.2 Å². The van der Waals surface area contributed by atoms with Crippen molar-refractivity contribution in [3.05, 3.63) is 40.1 Å². The zero-order valence-electron chi connectivity index (χ0n) is 11.9. The Morgan fingerprint density at radius 1 is 1.30 bits per heavy atom. The van der Waals surface area contributed by atoms with Crippen LogP contribution in [0.25, 0.3) is 6.08 Å². The van der Waals surface area contributed by atoms with Gasteiger partial charge in [0.05, 0.1) is 13.7 Å². The van der Waals surface area contributed by atoms with E-state index in [1.54, 1.807) is 25.3 Å². The molecule has 0 unspecified atom stereocenters. The van der Waals surface area contributed by atoms with Gasteiger partial charge in [0.1, 0.15) is 11.9 Å². The molecule has 0 heterocycles. The summed E-state index contributed by atoms with van der Waals surface area (Å²) in [6.07, 6.45) is 7.86. The molecular formula is C15H20NO4-. The van der Waals surface area contributed by atoms with Crippen molar-refractivity contribution in [2.45, 2.75) is 32.6 Å². The Balaban J connectivity index is 2.61. The molecule has 20 heavy (non-hydrogen) atoms. The second-order valence-electron chi connectivity index (χ2n) is 4.35. The molecule has 0 fully saturated rings. The smallest absolute Gasteiger partial charge is 0.158 e. The number of benzene rings is 1. The SMILES string of the molecule is CCCCCCOc1ccc(C=[C-][N+](=O)[O-])cc1OC. The quantitative estimate of drug-likeness (QED) is 0.227. The molecule has 0 aliphatic carbocycles. The van der Waals surface area contributed by atoms with Crippen LogP contribution in [0.3, 0.4) is 0 Å². The highest BCUT2D eigenvalue weighted by Crippen LogP contribution is 2.28. The van der Waals surface area contributed by atoms with Crippen LogP contribution in [0.5, 0.6) is 11.5 Å². The largest absolute Gasteiger partial charge is 0.494 e. The molecule has 0 bridgehead atoms. The van der Waals surface area contributed by atoms with Crippen LogP contribution >= 0.6 is 0 Å². The molecule has 0 radical (unpaired) electrons. The van der Waals surface area contributed by atoms with Gasteiger partial charge in [-0.05, 0) is 17.4 Å². The fourth-order valence-corrected chi connectivity index (χ4v) is 1.73. The summed E-state index contributed by atoms with van der Waals surface area (Å²) in [6.45, 7) is 2.81. The number of rotatable bonds is 9. The Kier molecular flexibility index (Phi) is 7.17. The fourth-order valence-electron chi connectivity index (χ4n) is 1.73. The third kappa shape index (κ3) is 5.73. The van der Waals surface area contributed by atoms with Crippen LogP contribution in [0.2, 0.25) is 0 Å². The lowest BCUT2D eigenvalue weighted by atomic mass is 10.2. The van der Waals surface area contributed by atoms with Gasteiger partial charge in [0.25, 0.3) is 0 Å². The van der Waals surface area contributed by atoms with Gasteiger partial charge in [0, 0.05) is 0 Å². The highest BCUT2D eigenvalue weighted by atomic mass is 16.6. The minimum absolute atomic E-state index is 0.569. The van der Waals surface area contributed by atoms with E-state index < -0.39 is 4.92 Å². The van der Waals surface area contributed by atoms with Crippen molar-refractivity contribution in [1.82, 2.24) is 0 Å². The van der Waals surface area contributed by atoms with Crippen LogP contribution in [-0.2, 0) is 0 Å². The summed E-state index contributed by atoms with van der Waals surface area (Å²) in [7, 11) is 1.55. The Bertz CT molecular complexity index is 457. The third-order valence-electron chi connectivity index (χ3n) is 2.78. The summed E-state index contributed by atoms with van der Waals surface area (Å²) in [5, 5.41) is 10.2. The molecule has 0 amide bonds. The molecule has 1 rings (SSSR count). The van der Waals surface area contributed by atoms with Crippen LogP contribution in [0.4, 0.5) is 0 Å². The highest BCUT2D eigenvalue weighted by molar-refractivity contribution is 5.54. The fraction of sp³-hybridized carbons (Fsp3) is 0.467. The lowest BCUT2D eigenvalue weighted by molar-refractivity contribution is -0.417. The maximum absolute atomic E-state index is 10.2. The van der Waals surface area contributed by atoms with Crippen LogP contribution < -0.4 is 9.47 Å². The molecule has 0 N–H and O–H groups in total. The summed E-state index contributed by atoms with van der Waals surface area (Å²) < 4.78 is 10.9. The molecule has 0 saturated carbocycles. The van der Waals surface area contributed by atoms with Crippen molar-refractivity contribution >= 4 is 6.08 Å². The molecule has 5 heteroatoms. The van der Waals surface area contributed by atoms with E-state index in [2.05, 4.69) is 6.92 Å². The first kappa shape index (κ1) is 16.0. The molecule has 5 nitrogen and oxygen atoms in total. The number of nitrogens with zero attached hydrogens (tertiary/aromatic N) is 1. The van der Waals surface area contributed by atoms with Gasteiger partial charge in [-0.2, -0.15) is 11.6 Å². The monoisotopic (exact) mass is 278 g/mol. The van der Waals surface area contributed by atoms with Gasteiger partial charge >= 0.3 is 0 Å². The molecular weight excluding hydrogens is 258 g/mol. The maximum Gasteiger partial charge on any atom is 0.158 e. The van der Waals surface area contributed by atoms with E-state index in [0.717, 1.165) is 12.8 Å². The maximum atomic E-state index is 10.2. The van der Waals surface area contributed by atoms with Gasteiger partial charge in [-0.3, -0.25) is 10.1 Å². The summed E-state index contributed by atoms with van der Waals surface area (Å²) in [5.74, 6) is 1.22. The van der Waals surface area contributed by atoms with Gasteiger partial charge in [-0.25, -0.2) is 0 Å². The van der Waals surface area contributed by atoms with Crippen molar-refractivity contribution in [3.63, 3.8) is 0 Å². The first-order valence-electron chi connectivity index (χ1n) is 6.72. The predicted octanol–water partition coefficient (Wildman–Crippen LogP) is 3.70. The van der Waals surface area contributed by atoms with E-state index in [0.29, 0.717) is 23.7 Å². The number of hydrogen-bond acceptors (Lipinski definition) is 4. The first-order valence-corrected chi connectivity index (χ1v) is 6.72. The predicted molar refractivity (Wildman–Crippen MR) is 77.3 cm³/mol. The first-order chi connectivity index (χ1) is 9.67. The molecule has 1 aromatic carbocycles. The second-order valence-corrected chi connectivity index (χ2v) is 4.35. The second kappa shape index (κ2) is 8.96. The number of nitro groups is 1. The lowest BCUT2D eigenvalue weighted by Gasteiger charge is -2.13. The number of methoxy groups -OCH3 is 1. The van der Waals surface area contributed by atoms with Crippen molar-refractivity contribution in [1.29, 1.82) is 0 Å². The Morgan fingerprint density at radius 2 is 2.10 bits per heavy atom. The molecule has 0 saturated heterocycles. The highest BCUT2D eigenvalue weighted by Gasteiger charge is 2.01. The van der Waals surface area contributed by atoms with E-state index in [1.807, 2.05) is 6.20 Å². The molecule has 0 aliphatic rings. The molecule has 0 atom stereocenters. The summed E-state index contributed by atoms with van der Waals surface area (Å²) >= 11 is 0. The lowest BCUT2D eigenvalue weighted by Crippen LogP contribution is -1.99. The normalized spacial score (nSPS) is 10.7. The van der Waals surface area contributed by atoms with Gasteiger partial charge in [0.15, 0.2) is 5.75 Å². The molecule has 110 valence electrons. The zero-order valence-corrected chi connectivity index (χ0v) is 11.9. The summed E-state index contributed by atoms with van der Waals surface area (Å²) in [5.41, 5.74) is 0.650. The van der Waals surface area contributed by atoms with Crippen molar-refractivity contribution in [3.8, 4) is 11.5 Å². The summed E-state index contributed by atoms with van der Waals surface area (Å²) in [6, 6.07) is 5.18. The van der Waals surface area contributed by atoms with Crippen LogP contribution in [0, 0.1) is 16.3 Å². The van der Waals surface area contributed by atoms with Gasteiger partial charge in [0.2, 0.25) is 0 Å². The Labute approximate surface area is 119 Å².